The standard InChI is InChI=1S/C4H6O2.Na/c1-2-3-4(5)6;/h2-3H,1H3,(H,5,6);/b3-2+;. The molecule has 1 N–H and O–H groups in total. The van der Waals surface area contributed by atoms with Crippen molar-refractivity contribution >= 4 is 35.5 Å². The van der Waals surface area contributed by atoms with Crippen molar-refractivity contribution in [1.29, 1.82) is 0 Å². The molecule has 2 nitrogen and oxygen atoms in total. The van der Waals surface area contributed by atoms with E-state index in [0.717, 1.165) is 6.08 Å². The Morgan fingerprint density at radius 1 is 1.71 bits per heavy atom. The van der Waals surface area contributed by atoms with Crippen LogP contribution in [0.15, 0.2) is 12.2 Å². The predicted octanol–water partition coefficient (Wildman–Crippen LogP) is 0.266. The molecule has 0 atom stereocenters. The van der Waals surface area contributed by atoms with E-state index in [4.69, 9.17) is 5.11 Å². The summed E-state index contributed by atoms with van der Waals surface area (Å²) in [7, 11) is 0. The van der Waals surface area contributed by atoms with Gasteiger partial charge in [-0.3, -0.25) is 0 Å². The fourth-order valence-electron chi connectivity index (χ4n) is 0.143. The van der Waals surface area contributed by atoms with Crippen molar-refractivity contribution in [3.63, 3.8) is 0 Å². The minimum absolute atomic E-state index is 0. The summed E-state index contributed by atoms with van der Waals surface area (Å²) in [6.07, 6.45) is 2.56. The zero-order valence-corrected chi connectivity index (χ0v) is 6.51. The molecule has 3 heteroatoms. The molecule has 35 valence electrons. The average Bonchev–Trinajstić information content (AvgIpc) is 1.35. The number of carbonyl (C=O) groups is 1. The van der Waals surface area contributed by atoms with E-state index in [-0.39, 0.29) is 29.6 Å². The van der Waals surface area contributed by atoms with Crippen LogP contribution < -0.4 is 0 Å². The van der Waals surface area contributed by atoms with Gasteiger partial charge in [0.15, 0.2) is 0 Å². The van der Waals surface area contributed by atoms with Crippen LogP contribution in [-0.2, 0) is 4.79 Å². The SMILES string of the molecule is C/C=C/C(=O)O.[Na]. The number of hydrogen-bond donors (Lipinski definition) is 1. The molecule has 0 aromatic carbocycles. The van der Waals surface area contributed by atoms with Gasteiger partial charge in [-0.25, -0.2) is 4.79 Å². The van der Waals surface area contributed by atoms with Crippen molar-refractivity contribution in [2.45, 2.75) is 6.92 Å². The van der Waals surface area contributed by atoms with Gasteiger partial charge in [0.25, 0.3) is 0 Å². The van der Waals surface area contributed by atoms with Crippen LogP contribution in [-0.4, -0.2) is 40.6 Å². The molecule has 0 saturated heterocycles. The smallest absolute Gasteiger partial charge is 0.327 e. The largest absolute Gasteiger partial charge is 0.478 e. The van der Waals surface area contributed by atoms with Crippen LogP contribution in [0.3, 0.4) is 0 Å². The van der Waals surface area contributed by atoms with Crippen molar-refractivity contribution in [3.8, 4) is 0 Å². The number of aliphatic carboxylic acids is 1. The second kappa shape index (κ2) is 6.21. The Morgan fingerprint density at radius 3 is 2.14 bits per heavy atom. The minimum atomic E-state index is -0.891. The van der Waals surface area contributed by atoms with E-state index in [1.54, 1.807) is 6.92 Å². The van der Waals surface area contributed by atoms with Gasteiger partial charge in [-0.1, -0.05) is 6.08 Å². The molecule has 0 aliphatic heterocycles. The van der Waals surface area contributed by atoms with Gasteiger partial charge in [0.2, 0.25) is 0 Å². The number of carboxylic acid groups (broad SMARTS) is 1. The van der Waals surface area contributed by atoms with Crippen molar-refractivity contribution in [3.05, 3.63) is 12.2 Å². The molecule has 0 spiro atoms. The second-order valence-corrected chi connectivity index (χ2v) is 0.838. The first-order chi connectivity index (χ1) is 2.77. The summed E-state index contributed by atoms with van der Waals surface area (Å²) in [5.74, 6) is -0.891. The van der Waals surface area contributed by atoms with E-state index in [1.807, 2.05) is 0 Å². The first kappa shape index (κ1) is 10.2. The predicted molar refractivity (Wildman–Crippen MR) is 28.2 cm³/mol. The third kappa shape index (κ3) is 10.7. The van der Waals surface area contributed by atoms with E-state index in [2.05, 4.69) is 0 Å². The molecule has 0 unspecified atom stereocenters. The minimum Gasteiger partial charge on any atom is -0.478 e. The summed E-state index contributed by atoms with van der Waals surface area (Å²) >= 11 is 0. The summed E-state index contributed by atoms with van der Waals surface area (Å²) in [5.41, 5.74) is 0. The molecular formula is C4H6NaO2. The molecule has 0 bridgehead atoms. The summed E-state index contributed by atoms with van der Waals surface area (Å²) < 4.78 is 0. The molecule has 1 radical (unpaired) electrons. The normalized spacial score (nSPS) is 8.14. The summed E-state index contributed by atoms with van der Waals surface area (Å²) in [6.45, 7) is 1.66. The first-order valence-electron chi connectivity index (χ1n) is 1.63. The van der Waals surface area contributed by atoms with Crippen LogP contribution in [0.4, 0.5) is 0 Å². The van der Waals surface area contributed by atoms with Crippen molar-refractivity contribution in [2.24, 2.45) is 0 Å². The van der Waals surface area contributed by atoms with Gasteiger partial charge in [-0.15, -0.1) is 0 Å². The van der Waals surface area contributed by atoms with Gasteiger partial charge >= 0.3 is 5.97 Å². The Kier molecular flexibility index (Phi) is 9.09. The summed E-state index contributed by atoms with van der Waals surface area (Å²) in [5, 5.41) is 7.83. The Morgan fingerprint density at radius 2 is 2.14 bits per heavy atom. The van der Waals surface area contributed by atoms with Gasteiger partial charge in [0.05, 0.1) is 0 Å². The van der Waals surface area contributed by atoms with E-state index in [0.29, 0.717) is 0 Å². The van der Waals surface area contributed by atoms with E-state index in [1.165, 1.54) is 6.08 Å². The zero-order chi connectivity index (χ0) is 4.99. The molecular weight excluding hydrogens is 103 g/mol. The van der Waals surface area contributed by atoms with E-state index in [9.17, 15) is 4.79 Å². The van der Waals surface area contributed by atoms with Gasteiger partial charge in [0.1, 0.15) is 0 Å². The van der Waals surface area contributed by atoms with Gasteiger partial charge in [0, 0.05) is 35.6 Å². The van der Waals surface area contributed by atoms with E-state index >= 15 is 0 Å². The van der Waals surface area contributed by atoms with Crippen LogP contribution in [0.1, 0.15) is 6.92 Å². The van der Waals surface area contributed by atoms with Crippen LogP contribution >= 0.6 is 0 Å². The Bertz CT molecular complexity index is 77.8. The molecule has 0 rings (SSSR count). The summed E-state index contributed by atoms with van der Waals surface area (Å²) in [6, 6.07) is 0. The third-order valence-corrected chi connectivity index (χ3v) is 0.309. The zero-order valence-electron chi connectivity index (χ0n) is 4.51. The fourth-order valence-corrected chi connectivity index (χ4v) is 0.143. The van der Waals surface area contributed by atoms with Crippen molar-refractivity contribution in [2.75, 3.05) is 0 Å². The topological polar surface area (TPSA) is 37.3 Å². The van der Waals surface area contributed by atoms with Gasteiger partial charge in [-0.2, -0.15) is 0 Å². The molecule has 0 heterocycles. The second-order valence-electron chi connectivity index (χ2n) is 0.838. The Hall–Kier alpha value is 0.210. The number of allylic oxidation sites excluding steroid dienone is 1. The third-order valence-electron chi connectivity index (χ3n) is 0.309. The first-order valence-corrected chi connectivity index (χ1v) is 1.63. The van der Waals surface area contributed by atoms with Gasteiger partial charge < -0.3 is 5.11 Å². The molecule has 0 saturated carbocycles. The average molecular weight is 109 g/mol. The van der Waals surface area contributed by atoms with Crippen LogP contribution in [0, 0.1) is 0 Å². The van der Waals surface area contributed by atoms with Gasteiger partial charge in [-0.05, 0) is 6.92 Å². The van der Waals surface area contributed by atoms with Crippen molar-refractivity contribution in [1.82, 2.24) is 0 Å². The summed E-state index contributed by atoms with van der Waals surface area (Å²) in [4.78, 5) is 9.51. The quantitative estimate of drug-likeness (QED) is 0.387. The monoisotopic (exact) mass is 109 g/mol. The molecule has 0 amide bonds. The molecule has 0 aliphatic rings. The Labute approximate surface area is 64.5 Å². The van der Waals surface area contributed by atoms with Crippen LogP contribution in [0.5, 0.6) is 0 Å². The Balaban J connectivity index is 0. The molecule has 7 heavy (non-hydrogen) atoms. The number of hydrogen-bond acceptors (Lipinski definition) is 1. The van der Waals surface area contributed by atoms with E-state index < -0.39 is 5.97 Å². The number of carboxylic acids is 1. The maximum atomic E-state index is 9.51. The van der Waals surface area contributed by atoms with Crippen LogP contribution in [0.25, 0.3) is 0 Å². The van der Waals surface area contributed by atoms with Crippen molar-refractivity contribution < 1.29 is 9.90 Å². The number of rotatable bonds is 1. The maximum absolute atomic E-state index is 9.51. The maximum Gasteiger partial charge on any atom is 0.327 e. The molecule has 0 fully saturated rings. The molecule has 0 aromatic heterocycles. The molecule has 0 aliphatic carbocycles. The fraction of sp³-hybridized carbons (Fsp3) is 0.250. The molecule has 0 aromatic rings. The van der Waals surface area contributed by atoms with Crippen LogP contribution in [0.2, 0.25) is 0 Å².